The highest BCUT2D eigenvalue weighted by Crippen LogP contribution is 2.40. The fourth-order valence-corrected chi connectivity index (χ4v) is 4.28. The third kappa shape index (κ3) is 4.63. The number of hydrogen-bond acceptors (Lipinski definition) is 6. The van der Waals surface area contributed by atoms with Gasteiger partial charge in [0, 0.05) is 30.4 Å². The molecule has 3 aromatic rings. The molecule has 32 heavy (non-hydrogen) atoms. The van der Waals surface area contributed by atoms with Crippen molar-refractivity contribution < 1.29 is 9.34 Å². The van der Waals surface area contributed by atoms with Crippen LogP contribution in [0.15, 0.2) is 65.2 Å². The normalized spacial score (nSPS) is 18.2. The summed E-state index contributed by atoms with van der Waals surface area (Å²) in [6, 6.07) is 15.7. The van der Waals surface area contributed by atoms with Crippen molar-refractivity contribution in [3.63, 3.8) is 0 Å². The predicted octanol–water partition coefficient (Wildman–Crippen LogP) is 4.17. The standard InChI is InChI=1S/C23H25N5O3S/c1-26(2)13-6-14-27-22(21(25-23(27)32)18-9-3-4-12-24-18)20-11-10-19(31-20)16-7-5-8-17(15-16)28(29)30/h3-5,7-12,15,21-22H,6,13-14H2,1-2H3,(H,25,32)/t21-,22-/m1/s1. The van der Waals surface area contributed by atoms with Gasteiger partial charge in [0.05, 0.1) is 16.7 Å². The SMILES string of the molecule is CN(C)CCCN1C(=S)N[C@H](c2ccccn2)[C@H]1c1ccc(-c2cccc([N+](=O)[O-])c2)o1. The summed E-state index contributed by atoms with van der Waals surface area (Å²) in [6.07, 6.45) is 2.71. The molecule has 0 saturated carbocycles. The molecule has 0 aliphatic carbocycles. The maximum absolute atomic E-state index is 11.2. The highest BCUT2D eigenvalue weighted by atomic mass is 32.1. The molecule has 1 N–H and O–H groups in total. The lowest BCUT2D eigenvalue weighted by molar-refractivity contribution is -0.384. The number of thiocarbonyl (C=S) groups is 1. The second kappa shape index (κ2) is 9.46. The Morgan fingerprint density at radius 2 is 2.06 bits per heavy atom. The summed E-state index contributed by atoms with van der Waals surface area (Å²) < 4.78 is 6.24. The van der Waals surface area contributed by atoms with Crippen molar-refractivity contribution in [1.82, 2.24) is 20.1 Å². The third-order valence-corrected chi connectivity index (χ3v) is 5.81. The molecule has 0 unspecified atom stereocenters. The lowest BCUT2D eigenvalue weighted by Crippen LogP contribution is -2.32. The number of pyridine rings is 1. The van der Waals surface area contributed by atoms with Crippen LogP contribution in [-0.4, -0.2) is 52.0 Å². The molecule has 0 amide bonds. The molecule has 0 bridgehead atoms. The summed E-state index contributed by atoms with van der Waals surface area (Å²) in [5, 5.41) is 15.2. The van der Waals surface area contributed by atoms with Gasteiger partial charge in [0.1, 0.15) is 17.6 Å². The third-order valence-electron chi connectivity index (χ3n) is 5.46. The first kappa shape index (κ1) is 21.9. The second-order valence-electron chi connectivity index (χ2n) is 7.99. The minimum atomic E-state index is -0.406. The summed E-state index contributed by atoms with van der Waals surface area (Å²) in [4.78, 5) is 19.6. The van der Waals surface area contributed by atoms with Crippen molar-refractivity contribution in [3.8, 4) is 11.3 Å². The average molecular weight is 452 g/mol. The molecule has 4 rings (SSSR count). The van der Waals surface area contributed by atoms with Gasteiger partial charge in [-0.3, -0.25) is 15.1 Å². The summed E-state index contributed by atoms with van der Waals surface area (Å²) >= 11 is 5.68. The molecule has 1 aliphatic rings. The smallest absolute Gasteiger partial charge is 0.270 e. The molecule has 1 aromatic carbocycles. The van der Waals surface area contributed by atoms with E-state index in [1.165, 1.54) is 12.1 Å². The van der Waals surface area contributed by atoms with Crippen LogP contribution >= 0.6 is 12.2 Å². The van der Waals surface area contributed by atoms with Crippen LogP contribution in [0.2, 0.25) is 0 Å². The highest BCUT2D eigenvalue weighted by molar-refractivity contribution is 7.80. The van der Waals surface area contributed by atoms with Crippen molar-refractivity contribution in [1.29, 1.82) is 0 Å². The first-order chi connectivity index (χ1) is 15.4. The fraction of sp³-hybridized carbons (Fsp3) is 0.304. The van der Waals surface area contributed by atoms with E-state index in [1.54, 1.807) is 18.3 Å². The highest BCUT2D eigenvalue weighted by Gasteiger charge is 2.41. The molecule has 2 atom stereocenters. The molecule has 2 aromatic heterocycles. The van der Waals surface area contributed by atoms with Crippen molar-refractivity contribution >= 4 is 23.0 Å². The zero-order valence-corrected chi connectivity index (χ0v) is 18.8. The molecule has 8 nitrogen and oxygen atoms in total. The van der Waals surface area contributed by atoms with Gasteiger partial charge in [0.25, 0.3) is 5.69 Å². The van der Waals surface area contributed by atoms with E-state index in [1.807, 2.05) is 44.4 Å². The fourth-order valence-electron chi connectivity index (χ4n) is 3.95. The number of nitrogens with one attached hydrogen (secondary N) is 1. The van der Waals surface area contributed by atoms with Gasteiger partial charge in [-0.15, -0.1) is 0 Å². The predicted molar refractivity (Wildman–Crippen MR) is 126 cm³/mol. The number of aromatic nitrogens is 1. The van der Waals surface area contributed by atoms with Gasteiger partial charge in [0.15, 0.2) is 5.11 Å². The Balaban J connectivity index is 1.67. The molecule has 1 fully saturated rings. The quantitative estimate of drug-likeness (QED) is 0.310. The van der Waals surface area contributed by atoms with E-state index in [0.29, 0.717) is 16.4 Å². The minimum absolute atomic E-state index is 0.0286. The number of furan rings is 1. The number of nitrogens with zero attached hydrogens (tertiary/aromatic N) is 4. The maximum Gasteiger partial charge on any atom is 0.270 e. The van der Waals surface area contributed by atoms with Crippen molar-refractivity contribution in [3.05, 3.63) is 82.4 Å². The Morgan fingerprint density at radius 3 is 2.78 bits per heavy atom. The number of hydrogen-bond donors (Lipinski definition) is 1. The summed E-state index contributed by atoms with van der Waals surface area (Å²) in [7, 11) is 4.10. The van der Waals surface area contributed by atoms with Crippen molar-refractivity contribution in [2.24, 2.45) is 0 Å². The molecule has 3 heterocycles. The first-order valence-electron chi connectivity index (χ1n) is 10.4. The molecule has 166 valence electrons. The molecule has 1 saturated heterocycles. The zero-order chi connectivity index (χ0) is 22.7. The Bertz CT molecular complexity index is 1100. The van der Waals surface area contributed by atoms with Gasteiger partial charge in [-0.05, 0) is 63.5 Å². The van der Waals surface area contributed by atoms with Crippen LogP contribution in [0, 0.1) is 10.1 Å². The van der Waals surface area contributed by atoms with E-state index < -0.39 is 4.92 Å². The zero-order valence-electron chi connectivity index (χ0n) is 18.0. The lowest BCUT2D eigenvalue weighted by Gasteiger charge is -2.26. The number of nitro benzene ring substituents is 1. The average Bonchev–Trinajstić information content (AvgIpc) is 3.39. The summed E-state index contributed by atoms with van der Waals surface area (Å²) in [5.74, 6) is 1.31. The maximum atomic E-state index is 11.2. The Hall–Kier alpha value is -3.30. The minimum Gasteiger partial charge on any atom is -0.459 e. The van der Waals surface area contributed by atoms with E-state index >= 15 is 0 Å². The number of nitro groups is 1. The van der Waals surface area contributed by atoms with Gasteiger partial charge in [0.2, 0.25) is 0 Å². The van der Waals surface area contributed by atoms with Gasteiger partial charge in [-0.25, -0.2) is 0 Å². The summed E-state index contributed by atoms with van der Waals surface area (Å²) in [6.45, 7) is 1.71. The van der Waals surface area contributed by atoms with Crippen molar-refractivity contribution in [2.45, 2.75) is 18.5 Å². The van der Waals surface area contributed by atoms with Crippen LogP contribution in [0.4, 0.5) is 5.69 Å². The Labute approximate surface area is 192 Å². The number of benzene rings is 1. The van der Waals surface area contributed by atoms with Crippen molar-refractivity contribution in [2.75, 3.05) is 27.2 Å². The van der Waals surface area contributed by atoms with Crippen LogP contribution in [0.3, 0.4) is 0 Å². The van der Waals surface area contributed by atoms with E-state index in [4.69, 9.17) is 16.6 Å². The largest absolute Gasteiger partial charge is 0.459 e. The number of non-ortho nitro benzene ring substituents is 1. The molecule has 9 heteroatoms. The summed E-state index contributed by atoms with van der Waals surface area (Å²) in [5.41, 5.74) is 1.57. The van der Waals surface area contributed by atoms with Gasteiger partial charge < -0.3 is 19.5 Å². The lowest BCUT2D eigenvalue weighted by atomic mass is 10.0. The van der Waals surface area contributed by atoms with E-state index in [9.17, 15) is 10.1 Å². The molecular formula is C23H25N5O3S. The second-order valence-corrected chi connectivity index (χ2v) is 8.37. The van der Waals surface area contributed by atoms with Gasteiger partial charge >= 0.3 is 0 Å². The molecular weight excluding hydrogens is 426 g/mol. The Kier molecular flexibility index (Phi) is 6.48. The monoisotopic (exact) mass is 451 g/mol. The topological polar surface area (TPSA) is 87.7 Å². The molecule has 0 radical (unpaired) electrons. The number of rotatable bonds is 8. The van der Waals surface area contributed by atoms with E-state index in [0.717, 1.165) is 31.0 Å². The van der Waals surface area contributed by atoms with Crippen LogP contribution in [0.1, 0.15) is 30.0 Å². The molecule has 0 spiro atoms. The van der Waals surface area contributed by atoms with Crippen LogP contribution < -0.4 is 5.32 Å². The van der Waals surface area contributed by atoms with Crippen LogP contribution in [-0.2, 0) is 0 Å². The van der Waals surface area contributed by atoms with Gasteiger partial charge in [-0.1, -0.05) is 18.2 Å². The van der Waals surface area contributed by atoms with Crippen LogP contribution in [0.25, 0.3) is 11.3 Å². The molecule has 1 aliphatic heterocycles. The van der Waals surface area contributed by atoms with E-state index in [-0.39, 0.29) is 17.8 Å². The first-order valence-corrected chi connectivity index (χ1v) is 10.8. The van der Waals surface area contributed by atoms with Crippen LogP contribution in [0.5, 0.6) is 0 Å². The van der Waals surface area contributed by atoms with Gasteiger partial charge in [-0.2, -0.15) is 0 Å². The Morgan fingerprint density at radius 1 is 1.22 bits per heavy atom. The van der Waals surface area contributed by atoms with E-state index in [2.05, 4.69) is 20.1 Å².